The van der Waals surface area contributed by atoms with E-state index >= 15 is 0 Å². The van der Waals surface area contributed by atoms with Gasteiger partial charge in [-0.3, -0.25) is 0 Å². The lowest BCUT2D eigenvalue weighted by molar-refractivity contribution is 0.322. The molecule has 96 valence electrons. The summed E-state index contributed by atoms with van der Waals surface area (Å²) < 4.78 is 5.31. The smallest absolute Gasteiger partial charge is 0.240 e. The molecule has 0 fully saturated rings. The lowest BCUT2D eigenvalue weighted by Gasteiger charge is -2.17. The highest BCUT2D eigenvalue weighted by Gasteiger charge is 2.23. The van der Waals surface area contributed by atoms with E-state index in [0.29, 0.717) is 17.5 Å². The number of nitrogens with one attached hydrogen (secondary N) is 1. The minimum atomic E-state index is 0.194. The van der Waals surface area contributed by atoms with E-state index in [-0.39, 0.29) is 12.0 Å². The Hall–Kier alpha value is -1.82. The van der Waals surface area contributed by atoms with Crippen molar-refractivity contribution < 1.29 is 4.52 Å². The summed E-state index contributed by atoms with van der Waals surface area (Å²) in [7, 11) is 1.92. The monoisotopic (exact) mass is 247 g/mol. The Morgan fingerprint density at radius 2 is 2.00 bits per heavy atom. The van der Waals surface area contributed by atoms with Crippen molar-refractivity contribution >= 4 is 0 Å². The molecule has 0 saturated heterocycles. The van der Waals surface area contributed by atoms with Gasteiger partial charge in [0.15, 0.2) is 0 Å². The molecule has 2 aromatic rings. The van der Waals surface area contributed by atoms with Crippen LogP contribution in [0.5, 0.6) is 0 Å². The molecular formula is C12H17N5O. The Bertz CT molecular complexity index is 484. The van der Waals surface area contributed by atoms with Gasteiger partial charge in [-0.2, -0.15) is 4.98 Å². The summed E-state index contributed by atoms with van der Waals surface area (Å²) in [6, 6.07) is 2.03. The van der Waals surface area contributed by atoms with E-state index in [1.807, 2.05) is 7.05 Å². The predicted octanol–water partition coefficient (Wildman–Crippen LogP) is 1.63. The van der Waals surface area contributed by atoms with Crippen LogP contribution in [0.3, 0.4) is 0 Å². The van der Waals surface area contributed by atoms with E-state index in [9.17, 15) is 0 Å². The molecule has 0 bridgehead atoms. The van der Waals surface area contributed by atoms with E-state index in [0.717, 1.165) is 6.42 Å². The first kappa shape index (κ1) is 12.6. The van der Waals surface area contributed by atoms with Gasteiger partial charge in [-0.25, -0.2) is 9.97 Å². The number of rotatable bonds is 5. The standard InChI is InChI=1S/C12H17N5O/c1-4-9(8(2)13-3)12-16-11(17-18-12)10-14-6-5-7-15-10/h5-9,13H,4H2,1-3H3. The van der Waals surface area contributed by atoms with E-state index in [1.165, 1.54) is 0 Å². The van der Waals surface area contributed by atoms with Crippen molar-refractivity contribution in [2.24, 2.45) is 0 Å². The van der Waals surface area contributed by atoms with Crippen molar-refractivity contribution in [2.45, 2.75) is 32.2 Å². The summed E-state index contributed by atoms with van der Waals surface area (Å²) in [4.78, 5) is 12.6. The number of aromatic nitrogens is 4. The predicted molar refractivity (Wildman–Crippen MR) is 66.9 cm³/mol. The van der Waals surface area contributed by atoms with Gasteiger partial charge >= 0.3 is 0 Å². The van der Waals surface area contributed by atoms with Crippen LogP contribution in [0.25, 0.3) is 11.6 Å². The minimum Gasteiger partial charge on any atom is -0.338 e. The van der Waals surface area contributed by atoms with Gasteiger partial charge in [0.05, 0.1) is 5.92 Å². The maximum atomic E-state index is 5.31. The average molecular weight is 247 g/mol. The Kier molecular flexibility index (Phi) is 3.99. The summed E-state index contributed by atoms with van der Waals surface area (Å²) in [5.74, 6) is 1.74. The van der Waals surface area contributed by atoms with Gasteiger partial charge in [0, 0.05) is 18.4 Å². The zero-order valence-corrected chi connectivity index (χ0v) is 10.8. The molecule has 6 nitrogen and oxygen atoms in total. The maximum absolute atomic E-state index is 5.31. The third kappa shape index (κ3) is 2.53. The minimum absolute atomic E-state index is 0.194. The van der Waals surface area contributed by atoms with Gasteiger partial charge in [0.1, 0.15) is 0 Å². The Morgan fingerprint density at radius 3 is 2.61 bits per heavy atom. The van der Waals surface area contributed by atoms with E-state index in [4.69, 9.17) is 4.52 Å². The first-order valence-corrected chi connectivity index (χ1v) is 6.04. The van der Waals surface area contributed by atoms with Crippen LogP contribution in [0.4, 0.5) is 0 Å². The second-order valence-corrected chi connectivity index (χ2v) is 4.12. The molecule has 1 N–H and O–H groups in total. The fourth-order valence-electron chi connectivity index (χ4n) is 1.83. The second kappa shape index (κ2) is 5.68. The molecule has 18 heavy (non-hydrogen) atoms. The Morgan fingerprint density at radius 1 is 1.28 bits per heavy atom. The van der Waals surface area contributed by atoms with Gasteiger partial charge in [-0.1, -0.05) is 12.1 Å². The van der Waals surface area contributed by atoms with Crippen LogP contribution in [0.1, 0.15) is 32.1 Å². The van der Waals surface area contributed by atoms with Gasteiger partial charge in [0.25, 0.3) is 0 Å². The molecule has 0 spiro atoms. The highest BCUT2D eigenvalue weighted by atomic mass is 16.5. The second-order valence-electron chi connectivity index (χ2n) is 4.12. The summed E-state index contributed by atoms with van der Waals surface area (Å²) >= 11 is 0. The lowest BCUT2D eigenvalue weighted by atomic mass is 9.98. The normalized spacial score (nSPS) is 14.4. The molecule has 0 aliphatic carbocycles. The van der Waals surface area contributed by atoms with Crippen molar-refractivity contribution in [1.82, 2.24) is 25.4 Å². The average Bonchev–Trinajstić information content (AvgIpc) is 2.90. The van der Waals surface area contributed by atoms with Gasteiger partial charge in [-0.05, 0) is 26.5 Å². The summed E-state index contributed by atoms with van der Waals surface area (Å²) in [6.07, 6.45) is 4.25. The maximum Gasteiger partial charge on any atom is 0.240 e. The molecule has 6 heteroatoms. The molecule has 0 saturated carbocycles. The molecule has 2 heterocycles. The van der Waals surface area contributed by atoms with Crippen LogP contribution in [0.15, 0.2) is 23.0 Å². The van der Waals surface area contributed by atoms with E-state index in [2.05, 4.69) is 39.3 Å². The third-order valence-corrected chi connectivity index (χ3v) is 3.02. The first-order chi connectivity index (χ1) is 8.76. The quantitative estimate of drug-likeness (QED) is 0.865. The van der Waals surface area contributed by atoms with E-state index in [1.54, 1.807) is 18.5 Å². The molecule has 2 aromatic heterocycles. The van der Waals surface area contributed by atoms with Crippen LogP contribution in [-0.2, 0) is 0 Å². The van der Waals surface area contributed by atoms with E-state index < -0.39 is 0 Å². The largest absolute Gasteiger partial charge is 0.338 e. The summed E-state index contributed by atoms with van der Waals surface area (Å²) in [6.45, 7) is 4.19. The highest BCUT2D eigenvalue weighted by Crippen LogP contribution is 2.23. The fourth-order valence-corrected chi connectivity index (χ4v) is 1.83. The van der Waals surface area contributed by atoms with Crippen molar-refractivity contribution in [3.8, 4) is 11.6 Å². The van der Waals surface area contributed by atoms with Crippen LogP contribution in [-0.4, -0.2) is 33.2 Å². The molecule has 0 aromatic carbocycles. The molecular weight excluding hydrogens is 230 g/mol. The summed E-state index contributed by atoms with van der Waals surface area (Å²) in [5.41, 5.74) is 0. The van der Waals surface area contributed by atoms with Crippen LogP contribution in [0, 0.1) is 0 Å². The number of likely N-dealkylation sites (N-methyl/N-ethyl adjacent to an activating group) is 1. The van der Waals surface area contributed by atoms with Crippen LogP contribution >= 0.6 is 0 Å². The first-order valence-electron chi connectivity index (χ1n) is 6.04. The molecule has 0 amide bonds. The molecule has 0 aliphatic rings. The van der Waals surface area contributed by atoms with Crippen LogP contribution in [0.2, 0.25) is 0 Å². The Labute approximate surface area is 106 Å². The fraction of sp³-hybridized carbons (Fsp3) is 0.500. The highest BCUT2D eigenvalue weighted by molar-refractivity contribution is 5.40. The van der Waals surface area contributed by atoms with Gasteiger partial charge in [0.2, 0.25) is 17.5 Å². The number of hydrogen-bond acceptors (Lipinski definition) is 6. The zero-order chi connectivity index (χ0) is 13.0. The van der Waals surface area contributed by atoms with Crippen molar-refractivity contribution in [3.63, 3.8) is 0 Å². The van der Waals surface area contributed by atoms with Gasteiger partial charge in [-0.15, -0.1) is 0 Å². The molecule has 2 atom stereocenters. The summed E-state index contributed by atoms with van der Waals surface area (Å²) in [5, 5.41) is 7.14. The van der Waals surface area contributed by atoms with Crippen molar-refractivity contribution in [2.75, 3.05) is 7.05 Å². The molecule has 2 unspecified atom stereocenters. The Balaban J connectivity index is 2.25. The van der Waals surface area contributed by atoms with Crippen molar-refractivity contribution in [3.05, 3.63) is 24.4 Å². The lowest BCUT2D eigenvalue weighted by Crippen LogP contribution is -2.28. The number of nitrogens with zero attached hydrogens (tertiary/aromatic N) is 4. The third-order valence-electron chi connectivity index (χ3n) is 3.02. The molecule has 2 rings (SSSR count). The zero-order valence-electron chi connectivity index (χ0n) is 10.8. The SMILES string of the molecule is CCC(c1nc(-c2ncccn2)no1)C(C)NC. The number of hydrogen-bond donors (Lipinski definition) is 1. The molecule has 0 radical (unpaired) electrons. The molecule has 0 aliphatic heterocycles. The van der Waals surface area contributed by atoms with Crippen LogP contribution < -0.4 is 5.32 Å². The van der Waals surface area contributed by atoms with Gasteiger partial charge < -0.3 is 9.84 Å². The topological polar surface area (TPSA) is 76.7 Å². The van der Waals surface area contributed by atoms with Crippen molar-refractivity contribution in [1.29, 1.82) is 0 Å².